The summed E-state index contributed by atoms with van der Waals surface area (Å²) in [6, 6.07) is 0. The zero-order valence-electron chi connectivity index (χ0n) is 10.1. The molecule has 0 aromatic heterocycles. The van der Waals surface area contributed by atoms with Gasteiger partial charge in [-0.2, -0.15) is 13.2 Å². The van der Waals surface area contributed by atoms with Gasteiger partial charge in [0.15, 0.2) is 0 Å². The number of hydrogen-bond donors (Lipinski definition) is 1. The van der Waals surface area contributed by atoms with Gasteiger partial charge in [0.25, 0.3) is 0 Å². The number of carboxylic acid groups (broad SMARTS) is 1. The molecule has 1 N–H and O–H groups in total. The van der Waals surface area contributed by atoms with Crippen molar-refractivity contribution in [3.8, 4) is 0 Å². The Balaban J connectivity index is 2.99. The van der Waals surface area contributed by atoms with E-state index in [-0.39, 0.29) is 5.57 Å². The molecule has 1 aliphatic heterocycles. The summed E-state index contributed by atoms with van der Waals surface area (Å²) in [6.45, 7) is 3.31. The third kappa shape index (κ3) is 3.69. The molecule has 0 unspecified atom stereocenters. The number of nitrogens with zero attached hydrogens (tertiary/aromatic N) is 1. The highest BCUT2D eigenvalue weighted by molar-refractivity contribution is 7.89. The maximum atomic E-state index is 12.7. The lowest BCUT2D eigenvalue weighted by atomic mass is 9.96. The Morgan fingerprint density at radius 2 is 1.95 bits per heavy atom. The van der Waals surface area contributed by atoms with Crippen molar-refractivity contribution in [1.29, 1.82) is 0 Å². The summed E-state index contributed by atoms with van der Waals surface area (Å²) >= 11 is 0. The monoisotopic (exact) mass is 301 g/mol. The van der Waals surface area contributed by atoms with E-state index >= 15 is 0 Å². The molecule has 0 aliphatic carbocycles. The van der Waals surface area contributed by atoms with Crippen LogP contribution in [-0.4, -0.2) is 48.8 Å². The first-order valence-electron chi connectivity index (χ1n) is 5.37. The molecule has 1 aliphatic rings. The quantitative estimate of drug-likeness (QED) is 0.789. The van der Waals surface area contributed by atoms with E-state index < -0.39 is 52.8 Å². The van der Waals surface area contributed by atoms with Gasteiger partial charge in [0.1, 0.15) is 0 Å². The van der Waals surface area contributed by atoms with E-state index in [1.807, 2.05) is 0 Å². The lowest BCUT2D eigenvalue weighted by molar-refractivity contribution is -0.187. The van der Waals surface area contributed by atoms with Crippen LogP contribution in [-0.2, 0) is 14.8 Å². The maximum Gasteiger partial charge on any atom is 0.393 e. The highest BCUT2D eigenvalue weighted by atomic mass is 32.2. The number of sulfonamides is 1. The fourth-order valence-corrected chi connectivity index (χ4v) is 3.56. The van der Waals surface area contributed by atoms with Crippen LogP contribution >= 0.6 is 0 Å². The number of rotatable bonds is 4. The summed E-state index contributed by atoms with van der Waals surface area (Å²) in [7, 11) is -3.95. The average Bonchev–Trinajstić information content (AvgIpc) is 2.58. The van der Waals surface area contributed by atoms with Crippen LogP contribution in [0.5, 0.6) is 0 Å². The zero-order chi connectivity index (χ0) is 15.0. The Hall–Kier alpha value is -1.09. The Morgan fingerprint density at radius 1 is 1.42 bits per heavy atom. The molecule has 0 aromatic carbocycles. The van der Waals surface area contributed by atoms with Crippen LogP contribution in [0.1, 0.15) is 6.92 Å². The van der Waals surface area contributed by atoms with Gasteiger partial charge in [0.2, 0.25) is 10.0 Å². The predicted octanol–water partition coefficient (Wildman–Crippen LogP) is 1.09. The van der Waals surface area contributed by atoms with Gasteiger partial charge in [-0.05, 0) is 6.92 Å². The summed E-state index contributed by atoms with van der Waals surface area (Å²) in [6.07, 6.45) is -4.74. The second kappa shape index (κ2) is 5.12. The maximum absolute atomic E-state index is 12.7. The fraction of sp³-hybridized carbons (Fsp3) is 0.700. The van der Waals surface area contributed by atoms with Gasteiger partial charge in [0, 0.05) is 13.1 Å². The van der Waals surface area contributed by atoms with E-state index in [0.29, 0.717) is 4.31 Å². The number of carbonyl (C=O) groups is 1. The topological polar surface area (TPSA) is 74.7 Å². The highest BCUT2D eigenvalue weighted by Crippen LogP contribution is 2.38. The normalized spacial score (nSPS) is 25.5. The third-order valence-electron chi connectivity index (χ3n) is 2.85. The molecule has 110 valence electrons. The number of halogens is 3. The lowest BCUT2D eigenvalue weighted by Crippen LogP contribution is -2.34. The van der Waals surface area contributed by atoms with Gasteiger partial charge in [-0.3, -0.25) is 4.79 Å². The van der Waals surface area contributed by atoms with Crippen molar-refractivity contribution in [2.75, 3.05) is 18.8 Å². The lowest BCUT2D eigenvalue weighted by Gasteiger charge is -2.18. The van der Waals surface area contributed by atoms with Crippen molar-refractivity contribution in [1.82, 2.24) is 4.31 Å². The Labute approximate surface area is 108 Å². The molecule has 1 rings (SSSR count). The molecule has 0 saturated carbocycles. The van der Waals surface area contributed by atoms with E-state index in [4.69, 9.17) is 5.11 Å². The van der Waals surface area contributed by atoms with Crippen LogP contribution in [0.25, 0.3) is 0 Å². The van der Waals surface area contributed by atoms with Crippen molar-refractivity contribution in [3.63, 3.8) is 0 Å². The summed E-state index contributed by atoms with van der Waals surface area (Å²) in [4.78, 5) is 10.8. The molecule has 0 spiro atoms. The van der Waals surface area contributed by atoms with Crippen molar-refractivity contribution in [2.45, 2.75) is 13.1 Å². The van der Waals surface area contributed by atoms with Gasteiger partial charge in [-0.15, -0.1) is 0 Å². The largest absolute Gasteiger partial charge is 0.481 e. The zero-order valence-corrected chi connectivity index (χ0v) is 11.0. The van der Waals surface area contributed by atoms with Crippen molar-refractivity contribution in [3.05, 3.63) is 12.2 Å². The van der Waals surface area contributed by atoms with Gasteiger partial charge in [-0.25, -0.2) is 12.7 Å². The van der Waals surface area contributed by atoms with Crippen molar-refractivity contribution >= 4 is 16.0 Å². The van der Waals surface area contributed by atoms with Gasteiger partial charge < -0.3 is 5.11 Å². The Bertz CT molecular complexity index is 485. The minimum Gasteiger partial charge on any atom is -0.481 e. The molecule has 2 atom stereocenters. The molecule has 1 saturated heterocycles. The summed E-state index contributed by atoms with van der Waals surface area (Å²) in [5.41, 5.74) is 0.280. The molecule has 0 radical (unpaired) electrons. The molecule has 19 heavy (non-hydrogen) atoms. The molecule has 9 heteroatoms. The van der Waals surface area contributed by atoms with E-state index in [2.05, 4.69) is 6.58 Å². The van der Waals surface area contributed by atoms with E-state index in [9.17, 15) is 26.4 Å². The van der Waals surface area contributed by atoms with Crippen LogP contribution in [0.2, 0.25) is 0 Å². The number of aliphatic carboxylic acids is 1. The Kier molecular flexibility index (Phi) is 4.30. The molecule has 1 fully saturated rings. The van der Waals surface area contributed by atoms with Crippen molar-refractivity contribution < 1.29 is 31.5 Å². The molecule has 0 bridgehead atoms. The van der Waals surface area contributed by atoms with E-state index in [1.165, 1.54) is 6.92 Å². The molecular weight excluding hydrogens is 287 g/mol. The summed E-state index contributed by atoms with van der Waals surface area (Å²) in [5, 5.41) is 8.77. The van der Waals surface area contributed by atoms with Gasteiger partial charge >= 0.3 is 12.1 Å². The molecule has 1 heterocycles. The summed E-state index contributed by atoms with van der Waals surface area (Å²) < 4.78 is 62.2. The summed E-state index contributed by atoms with van der Waals surface area (Å²) in [5.74, 6) is -6.07. The first-order chi connectivity index (χ1) is 8.45. The number of hydrogen-bond acceptors (Lipinski definition) is 3. The molecule has 5 nitrogen and oxygen atoms in total. The smallest absolute Gasteiger partial charge is 0.393 e. The minimum absolute atomic E-state index is 0.280. The van der Waals surface area contributed by atoms with Crippen LogP contribution in [0.4, 0.5) is 13.2 Å². The third-order valence-corrected chi connectivity index (χ3v) is 4.79. The van der Waals surface area contributed by atoms with Crippen LogP contribution in [0.3, 0.4) is 0 Å². The average molecular weight is 301 g/mol. The van der Waals surface area contributed by atoms with E-state index in [1.54, 1.807) is 0 Å². The standard InChI is InChI=1S/C10H14F3NO4S/c1-6(2)5-19(17,18)14-3-7(9(15)16)8(4-14)10(11,12)13/h7-8H,1,3-5H2,2H3,(H,15,16)/t7-,8-/m1/s1. The Morgan fingerprint density at radius 3 is 2.26 bits per heavy atom. The van der Waals surface area contributed by atoms with Crippen LogP contribution < -0.4 is 0 Å². The molecular formula is C10H14F3NO4S. The second-order valence-electron chi connectivity index (χ2n) is 4.62. The SMILES string of the molecule is C=C(C)CS(=O)(=O)N1C[C@@H](C(F)(F)F)[C@H](C(=O)O)C1. The van der Waals surface area contributed by atoms with E-state index in [0.717, 1.165) is 0 Å². The highest BCUT2D eigenvalue weighted by Gasteiger charge is 2.54. The first kappa shape index (κ1) is 16.0. The first-order valence-corrected chi connectivity index (χ1v) is 6.98. The van der Waals surface area contributed by atoms with Gasteiger partial charge in [-0.1, -0.05) is 12.2 Å². The minimum atomic E-state index is -4.74. The van der Waals surface area contributed by atoms with Crippen LogP contribution in [0.15, 0.2) is 12.2 Å². The van der Waals surface area contributed by atoms with Crippen LogP contribution in [0, 0.1) is 11.8 Å². The van der Waals surface area contributed by atoms with Gasteiger partial charge in [0.05, 0.1) is 17.6 Å². The molecule has 0 amide bonds. The number of carboxylic acids is 1. The molecule has 0 aromatic rings. The fourth-order valence-electron chi connectivity index (χ4n) is 1.98. The predicted molar refractivity (Wildman–Crippen MR) is 60.8 cm³/mol. The number of alkyl halides is 3. The second-order valence-corrected chi connectivity index (χ2v) is 6.59. The van der Waals surface area contributed by atoms with Crippen molar-refractivity contribution in [2.24, 2.45) is 11.8 Å².